The molecule has 4 heteroatoms. The van der Waals surface area contributed by atoms with Gasteiger partial charge in [-0.05, 0) is 40.9 Å². The Kier molecular flexibility index (Phi) is 6.29. The zero-order chi connectivity index (χ0) is 12.1. The Labute approximate surface area is 97.8 Å². The molecule has 3 nitrogen and oxygen atoms in total. The third-order valence-electron chi connectivity index (χ3n) is 2.21. The van der Waals surface area contributed by atoms with Crippen molar-refractivity contribution in [3.05, 3.63) is 0 Å². The molecule has 0 aromatic heterocycles. The lowest BCUT2D eigenvalue weighted by atomic mass is 10.2. The monoisotopic (exact) mass is 232 g/mol. The molecule has 90 valence electrons. The van der Waals surface area contributed by atoms with E-state index < -0.39 is 0 Å². The fraction of sp³-hybridized carbons (Fsp3) is 0.909. The average molecular weight is 232 g/mol. The summed E-state index contributed by atoms with van der Waals surface area (Å²) in [7, 11) is 0. The fourth-order valence-electron chi connectivity index (χ4n) is 0.973. The summed E-state index contributed by atoms with van der Waals surface area (Å²) in [6.07, 6.45) is 2.08. The van der Waals surface area contributed by atoms with Gasteiger partial charge in [0.15, 0.2) is 0 Å². The maximum absolute atomic E-state index is 11.6. The summed E-state index contributed by atoms with van der Waals surface area (Å²) in [5.41, 5.74) is 0. The zero-order valence-electron chi connectivity index (χ0n) is 10.7. The summed E-state index contributed by atoms with van der Waals surface area (Å²) in [5.74, 6) is 0.0712. The highest BCUT2D eigenvalue weighted by Crippen LogP contribution is 2.19. The molecule has 0 aliphatic heterocycles. The van der Waals surface area contributed by atoms with Crippen molar-refractivity contribution < 1.29 is 4.79 Å². The Morgan fingerprint density at radius 1 is 1.33 bits per heavy atom. The van der Waals surface area contributed by atoms with Crippen LogP contribution in [0.5, 0.6) is 0 Å². The van der Waals surface area contributed by atoms with E-state index in [2.05, 4.69) is 30.7 Å². The van der Waals surface area contributed by atoms with Crippen LogP contribution in [0.2, 0.25) is 0 Å². The van der Waals surface area contributed by atoms with Crippen molar-refractivity contribution in [1.82, 2.24) is 10.6 Å². The first-order valence-corrected chi connectivity index (χ1v) is 6.60. The van der Waals surface area contributed by atoms with Crippen LogP contribution in [0.3, 0.4) is 0 Å². The molecule has 15 heavy (non-hydrogen) atoms. The van der Waals surface area contributed by atoms with E-state index in [0.717, 1.165) is 6.54 Å². The van der Waals surface area contributed by atoms with Crippen molar-refractivity contribution in [2.45, 2.75) is 51.4 Å². The van der Waals surface area contributed by atoms with Crippen molar-refractivity contribution in [1.29, 1.82) is 0 Å². The molecule has 0 saturated carbocycles. The molecule has 1 amide bonds. The molecule has 0 radical (unpaired) electrons. The molecule has 0 saturated heterocycles. The van der Waals surface area contributed by atoms with Gasteiger partial charge >= 0.3 is 0 Å². The largest absolute Gasteiger partial charge is 0.353 e. The predicted octanol–water partition coefficient (Wildman–Crippen LogP) is 1.63. The molecule has 0 aliphatic carbocycles. The fourth-order valence-corrected chi connectivity index (χ4v) is 1.20. The second kappa shape index (κ2) is 6.38. The molecule has 0 fully saturated rings. The Morgan fingerprint density at radius 3 is 2.27 bits per heavy atom. The van der Waals surface area contributed by atoms with Crippen LogP contribution in [0, 0.1) is 0 Å². The molecular formula is C11H24N2OS. The van der Waals surface area contributed by atoms with Gasteiger partial charge in [0.25, 0.3) is 0 Å². The first-order valence-electron chi connectivity index (χ1n) is 5.37. The van der Waals surface area contributed by atoms with Gasteiger partial charge in [-0.15, -0.1) is 0 Å². The summed E-state index contributed by atoms with van der Waals surface area (Å²) in [6.45, 7) is 11.0. The lowest BCUT2D eigenvalue weighted by Gasteiger charge is -2.25. The van der Waals surface area contributed by atoms with Gasteiger partial charge in [-0.3, -0.25) is 4.79 Å². The van der Waals surface area contributed by atoms with Crippen molar-refractivity contribution in [2.24, 2.45) is 0 Å². The van der Waals surface area contributed by atoms with Crippen LogP contribution in [0.15, 0.2) is 0 Å². The molecule has 0 bridgehead atoms. The van der Waals surface area contributed by atoms with Gasteiger partial charge in [0, 0.05) is 17.3 Å². The Bertz CT molecular complexity index is 205. The van der Waals surface area contributed by atoms with Crippen LogP contribution in [0.1, 0.15) is 34.6 Å². The first-order chi connectivity index (χ1) is 6.78. The van der Waals surface area contributed by atoms with Gasteiger partial charge in [0.1, 0.15) is 0 Å². The maximum atomic E-state index is 11.6. The predicted molar refractivity (Wildman–Crippen MR) is 68.3 cm³/mol. The number of nitrogens with one attached hydrogen (secondary N) is 2. The molecule has 0 heterocycles. The summed E-state index contributed by atoms with van der Waals surface area (Å²) >= 11 is 1.80. The van der Waals surface area contributed by atoms with Crippen molar-refractivity contribution >= 4 is 17.7 Å². The summed E-state index contributed by atoms with van der Waals surface area (Å²) in [5, 5.41) is 6.13. The second-order valence-corrected chi connectivity index (χ2v) is 6.24. The number of thioether (sulfide) groups is 1. The average Bonchev–Trinajstić information content (AvgIpc) is 2.13. The maximum Gasteiger partial charge on any atom is 0.237 e. The number of hydrogen-bond donors (Lipinski definition) is 2. The van der Waals surface area contributed by atoms with E-state index in [9.17, 15) is 4.79 Å². The Morgan fingerprint density at radius 2 is 1.87 bits per heavy atom. The Hall–Kier alpha value is -0.220. The number of hydrogen-bond acceptors (Lipinski definition) is 3. The standard InChI is InChI=1S/C11H24N2OS/c1-8(2)13-10(14)9(3)12-7-11(4,5)15-6/h8-9,12H,7H2,1-6H3,(H,13,14). The van der Waals surface area contributed by atoms with Crippen LogP contribution in [-0.4, -0.2) is 35.5 Å². The lowest BCUT2D eigenvalue weighted by Crippen LogP contribution is -2.47. The van der Waals surface area contributed by atoms with Gasteiger partial charge in [-0.2, -0.15) is 11.8 Å². The first kappa shape index (κ1) is 14.8. The van der Waals surface area contributed by atoms with Gasteiger partial charge in [-0.1, -0.05) is 0 Å². The highest BCUT2D eigenvalue weighted by molar-refractivity contribution is 7.99. The zero-order valence-corrected chi connectivity index (χ0v) is 11.5. The molecule has 1 atom stereocenters. The summed E-state index contributed by atoms with van der Waals surface area (Å²) in [6, 6.07) is 0.0779. The van der Waals surface area contributed by atoms with Crippen LogP contribution < -0.4 is 10.6 Å². The molecule has 1 unspecified atom stereocenters. The van der Waals surface area contributed by atoms with E-state index in [0.29, 0.717) is 0 Å². The second-order valence-electron chi connectivity index (χ2n) is 4.73. The van der Waals surface area contributed by atoms with E-state index in [-0.39, 0.29) is 22.7 Å². The van der Waals surface area contributed by atoms with E-state index in [1.807, 2.05) is 20.8 Å². The van der Waals surface area contributed by atoms with Gasteiger partial charge in [0.05, 0.1) is 6.04 Å². The minimum atomic E-state index is -0.126. The van der Waals surface area contributed by atoms with Crippen LogP contribution in [0.4, 0.5) is 0 Å². The molecule has 0 rings (SSSR count). The number of amides is 1. The van der Waals surface area contributed by atoms with E-state index >= 15 is 0 Å². The van der Waals surface area contributed by atoms with Gasteiger partial charge in [0.2, 0.25) is 5.91 Å². The summed E-state index contributed by atoms with van der Waals surface area (Å²) in [4.78, 5) is 11.6. The van der Waals surface area contributed by atoms with Crippen molar-refractivity contribution in [2.75, 3.05) is 12.8 Å². The minimum absolute atomic E-state index is 0.0712. The number of rotatable bonds is 6. The van der Waals surface area contributed by atoms with Crippen LogP contribution >= 0.6 is 11.8 Å². The third-order valence-corrected chi connectivity index (χ3v) is 3.46. The molecular weight excluding hydrogens is 208 g/mol. The highest BCUT2D eigenvalue weighted by Gasteiger charge is 2.19. The van der Waals surface area contributed by atoms with Gasteiger partial charge < -0.3 is 10.6 Å². The smallest absolute Gasteiger partial charge is 0.237 e. The van der Waals surface area contributed by atoms with Crippen LogP contribution in [0.25, 0.3) is 0 Å². The van der Waals surface area contributed by atoms with E-state index in [1.54, 1.807) is 11.8 Å². The SMILES string of the molecule is CSC(C)(C)CNC(C)C(=O)NC(C)C. The van der Waals surface area contributed by atoms with Crippen molar-refractivity contribution in [3.63, 3.8) is 0 Å². The normalized spacial score (nSPS) is 14.1. The van der Waals surface area contributed by atoms with Crippen LogP contribution in [-0.2, 0) is 4.79 Å². The topological polar surface area (TPSA) is 41.1 Å². The van der Waals surface area contributed by atoms with E-state index in [1.165, 1.54) is 0 Å². The Balaban J connectivity index is 3.93. The lowest BCUT2D eigenvalue weighted by molar-refractivity contribution is -0.123. The third kappa shape index (κ3) is 6.79. The minimum Gasteiger partial charge on any atom is -0.353 e. The number of carbonyl (C=O) groups excluding carboxylic acids is 1. The van der Waals surface area contributed by atoms with E-state index in [4.69, 9.17) is 0 Å². The van der Waals surface area contributed by atoms with Gasteiger partial charge in [-0.25, -0.2) is 0 Å². The summed E-state index contributed by atoms with van der Waals surface area (Å²) < 4.78 is 0.173. The molecule has 0 spiro atoms. The molecule has 0 aliphatic rings. The molecule has 0 aromatic rings. The highest BCUT2D eigenvalue weighted by atomic mass is 32.2. The quantitative estimate of drug-likeness (QED) is 0.731. The molecule has 2 N–H and O–H groups in total. The van der Waals surface area contributed by atoms with Crippen molar-refractivity contribution in [3.8, 4) is 0 Å². The number of carbonyl (C=O) groups is 1. The molecule has 0 aromatic carbocycles.